The van der Waals surface area contributed by atoms with E-state index in [0.29, 0.717) is 5.15 Å². The van der Waals surface area contributed by atoms with Crippen LogP contribution < -0.4 is 10.1 Å². The van der Waals surface area contributed by atoms with Crippen LogP contribution in [0.25, 0.3) is 10.8 Å². The van der Waals surface area contributed by atoms with E-state index in [0.717, 1.165) is 24.5 Å². The Labute approximate surface area is 134 Å². The van der Waals surface area contributed by atoms with Crippen molar-refractivity contribution in [2.45, 2.75) is 6.42 Å². The summed E-state index contributed by atoms with van der Waals surface area (Å²) in [5, 5.41) is 6.12. The summed E-state index contributed by atoms with van der Waals surface area (Å²) >= 11 is 5.85. The summed E-state index contributed by atoms with van der Waals surface area (Å²) in [6, 6.07) is 14.2. The van der Waals surface area contributed by atoms with E-state index in [1.54, 1.807) is 13.2 Å². The van der Waals surface area contributed by atoms with Gasteiger partial charge in [-0.2, -0.15) is 0 Å². The number of nitrogens with zero attached hydrogens (tertiary/aromatic N) is 2. The highest BCUT2D eigenvalue weighted by molar-refractivity contribution is 6.29. The Kier molecular flexibility index (Phi) is 4.39. The molecule has 0 saturated carbocycles. The van der Waals surface area contributed by atoms with Crippen molar-refractivity contribution in [2.75, 3.05) is 19.0 Å². The van der Waals surface area contributed by atoms with Crippen LogP contribution in [0.3, 0.4) is 0 Å². The minimum Gasteiger partial charge on any atom is -0.497 e. The van der Waals surface area contributed by atoms with Crippen LogP contribution >= 0.6 is 11.6 Å². The fourth-order valence-corrected chi connectivity index (χ4v) is 2.59. The number of aromatic nitrogens is 2. The van der Waals surface area contributed by atoms with Crippen LogP contribution in [-0.2, 0) is 6.42 Å². The highest BCUT2D eigenvalue weighted by atomic mass is 35.5. The summed E-state index contributed by atoms with van der Waals surface area (Å²) in [5.41, 5.74) is 1.24. The third kappa shape index (κ3) is 3.28. The zero-order valence-electron chi connectivity index (χ0n) is 12.2. The van der Waals surface area contributed by atoms with Crippen LogP contribution in [0.15, 0.2) is 48.8 Å². The van der Waals surface area contributed by atoms with E-state index in [1.165, 1.54) is 22.7 Å². The molecule has 1 N–H and O–H groups in total. The molecule has 3 aromatic rings. The maximum Gasteiger partial charge on any atom is 0.134 e. The average molecular weight is 314 g/mol. The lowest BCUT2D eigenvalue weighted by Gasteiger charge is -2.11. The van der Waals surface area contributed by atoms with Crippen molar-refractivity contribution in [2.24, 2.45) is 0 Å². The van der Waals surface area contributed by atoms with Gasteiger partial charge in [0.25, 0.3) is 0 Å². The number of benzene rings is 2. The topological polar surface area (TPSA) is 47.0 Å². The number of fused-ring (bicyclic) bond motifs is 1. The maximum atomic E-state index is 5.85. The number of hydrogen-bond acceptors (Lipinski definition) is 4. The zero-order chi connectivity index (χ0) is 15.4. The van der Waals surface area contributed by atoms with Gasteiger partial charge in [0.05, 0.1) is 7.11 Å². The highest BCUT2D eigenvalue weighted by Crippen LogP contribution is 2.25. The SMILES string of the molecule is COc1cc(CCNc2cc(Cl)ncn2)c2ccccc2c1. The van der Waals surface area contributed by atoms with E-state index in [1.807, 2.05) is 6.07 Å². The van der Waals surface area contributed by atoms with E-state index >= 15 is 0 Å². The Morgan fingerprint density at radius 2 is 2.00 bits per heavy atom. The molecule has 0 aliphatic rings. The predicted octanol–water partition coefficient (Wildman–Crippen LogP) is 3.95. The van der Waals surface area contributed by atoms with Crippen molar-refractivity contribution < 1.29 is 4.74 Å². The van der Waals surface area contributed by atoms with E-state index < -0.39 is 0 Å². The molecular formula is C17H16ClN3O. The molecule has 0 atom stereocenters. The van der Waals surface area contributed by atoms with Crippen molar-refractivity contribution in [3.63, 3.8) is 0 Å². The lowest BCUT2D eigenvalue weighted by molar-refractivity contribution is 0.415. The molecule has 0 aliphatic heterocycles. The molecular weight excluding hydrogens is 298 g/mol. The van der Waals surface area contributed by atoms with Gasteiger partial charge in [0, 0.05) is 12.6 Å². The smallest absolute Gasteiger partial charge is 0.134 e. The quantitative estimate of drug-likeness (QED) is 0.725. The summed E-state index contributed by atoms with van der Waals surface area (Å²) in [5.74, 6) is 1.60. The van der Waals surface area contributed by atoms with Crippen LogP contribution in [0, 0.1) is 0 Å². The van der Waals surface area contributed by atoms with Crippen molar-refractivity contribution in [3.05, 3.63) is 59.5 Å². The van der Waals surface area contributed by atoms with Crippen molar-refractivity contribution in [1.82, 2.24) is 9.97 Å². The molecule has 0 fully saturated rings. The number of nitrogens with one attached hydrogen (secondary N) is 1. The average Bonchev–Trinajstić information content (AvgIpc) is 2.54. The molecule has 0 saturated heterocycles. The second kappa shape index (κ2) is 6.62. The van der Waals surface area contributed by atoms with Gasteiger partial charge in [0.2, 0.25) is 0 Å². The number of ether oxygens (including phenoxy) is 1. The van der Waals surface area contributed by atoms with Gasteiger partial charge in [-0.05, 0) is 34.9 Å². The molecule has 0 bridgehead atoms. The van der Waals surface area contributed by atoms with Gasteiger partial charge in [-0.15, -0.1) is 0 Å². The summed E-state index contributed by atoms with van der Waals surface area (Å²) in [6.07, 6.45) is 2.31. The second-order valence-corrected chi connectivity index (χ2v) is 5.30. The molecule has 0 amide bonds. The van der Waals surface area contributed by atoms with Crippen LogP contribution in [0.4, 0.5) is 5.82 Å². The lowest BCUT2D eigenvalue weighted by Crippen LogP contribution is -2.07. The summed E-state index contributed by atoms with van der Waals surface area (Å²) in [6.45, 7) is 0.754. The second-order valence-electron chi connectivity index (χ2n) is 4.91. The van der Waals surface area contributed by atoms with E-state index in [4.69, 9.17) is 16.3 Å². The first-order chi connectivity index (χ1) is 10.8. The normalized spacial score (nSPS) is 10.6. The van der Waals surface area contributed by atoms with E-state index in [-0.39, 0.29) is 0 Å². The molecule has 5 heteroatoms. The minimum absolute atomic E-state index is 0.435. The number of methoxy groups -OCH3 is 1. The molecule has 3 rings (SSSR count). The van der Waals surface area contributed by atoms with Gasteiger partial charge in [0.1, 0.15) is 23.0 Å². The van der Waals surface area contributed by atoms with E-state index in [2.05, 4.69) is 45.6 Å². The maximum absolute atomic E-state index is 5.85. The number of anilines is 1. The number of halogens is 1. The fraction of sp³-hybridized carbons (Fsp3) is 0.176. The van der Waals surface area contributed by atoms with Crippen LogP contribution in [0.1, 0.15) is 5.56 Å². The van der Waals surface area contributed by atoms with Crippen LogP contribution in [0.2, 0.25) is 5.15 Å². The Hall–Kier alpha value is -2.33. The molecule has 4 nitrogen and oxygen atoms in total. The third-order valence-corrected chi connectivity index (χ3v) is 3.70. The molecule has 2 aromatic carbocycles. The third-order valence-electron chi connectivity index (χ3n) is 3.49. The number of hydrogen-bond donors (Lipinski definition) is 1. The Morgan fingerprint density at radius 1 is 1.14 bits per heavy atom. The van der Waals surface area contributed by atoms with Crippen molar-refractivity contribution in [3.8, 4) is 5.75 Å². The molecule has 0 spiro atoms. The highest BCUT2D eigenvalue weighted by Gasteiger charge is 2.05. The van der Waals surface area contributed by atoms with Gasteiger partial charge >= 0.3 is 0 Å². The molecule has 0 aliphatic carbocycles. The molecule has 0 radical (unpaired) electrons. The zero-order valence-corrected chi connectivity index (χ0v) is 13.0. The standard InChI is InChI=1S/C17H16ClN3O/c1-22-14-8-12-4-2-3-5-15(12)13(9-14)6-7-19-17-10-16(18)20-11-21-17/h2-5,8-11H,6-7H2,1H3,(H,19,20,21). The first kappa shape index (κ1) is 14.6. The van der Waals surface area contributed by atoms with Crippen molar-refractivity contribution in [1.29, 1.82) is 0 Å². The first-order valence-electron chi connectivity index (χ1n) is 7.03. The minimum atomic E-state index is 0.435. The van der Waals surface area contributed by atoms with Gasteiger partial charge in [-0.25, -0.2) is 9.97 Å². The summed E-state index contributed by atoms with van der Waals surface area (Å²) in [7, 11) is 1.69. The van der Waals surface area contributed by atoms with Crippen LogP contribution in [-0.4, -0.2) is 23.6 Å². The fourth-order valence-electron chi connectivity index (χ4n) is 2.44. The van der Waals surface area contributed by atoms with Crippen LogP contribution in [0.5, 0.6) is 5.75 Å². The summed E-state index contributed by atoms with van der Waals surface area (Å²) < 4.78 is 5.38. The molecule has 1 aromatic heterocycles. The van der Waals surface area contributed by atoms with Gasteiger partial charge < -0.3 is 10.1 Å². The summed E-state index contributed by atoms with van der Waals surface area (Å²) in [4.78, 5) is 8.00. The Morgan fingerprint density at radius 3 is 2.82 bits per heavy atom. The van der Waals surface area contributed by atoms with Gasteiger partial charge in [0.15, 0.2) is 0 Å². The van der Waals surface area contributed by atoms with Gasteiger partial charge in [-0.1, -0.05) is 35.9 Å². The predicted molar refractivity (Wildman–Crippen MR) is 89.7 cm³/mol. The first-order valence-corrected chi connectivity index (χ1v) is 7.41. The number of rotatable bonds is 5. The monoisotopic (exact) mass is 313 g/mol. The van der Waals surface area contributed by atoms with Crippen molar-refractivity contribution >= 4 is 28.2 Å². The van der Waals surface area contributed by atoms with Gasteiger partial charge in [-0.3, -0.25) is 0 Å². The molecule has 1 heterocycles. The molecule has 22 heavy (non-hydrogen) atoms. The molecule has 0 unspecified atom stereocenters. The molecule has 112 valence electrons. The Balaban J connectivity index is 1.78. The lowest BCUT2D eigenvalue weighted by atomic mass is 10.0. The Bertz CT molecular complexity index is 792. The van der Waals surface area contributed by atoms with E-state index in [9.17, 15) is 0 Å². The largest absolute Gasteiger partial charge is 0.497 e.